The summed E-state index contributed by atoms with van der Waals surface area (Å²) in [7, 11) is 0. The molecule has 2 rings (SSSR count). The van der Waals surface area contributed by atoms with E-state index < -0.39 is 0 Å². The fraction of sp³-hybridized carbons (Fsp3) is 0.300. The van der Waals surface area contributed by atoms with Crippen molar-refractivity contribution >= 4 is 5.65 Å². The zero-order valence-corrected chi connectivity index (χ0v) is 7.64. The van der Waals surface area contributed by atoms with Gasteiger partial charge in [-0.2, -0.15) is 0 Å². The van der Waals surface area contributed by atoms with Crippen molar-refractivity contribution in [2.75, 3.05) is 0 Å². The van der Waals surface area contributed by atoms with E-state index in [-0.39, 0.29) is 6.04 Å². The van der Waals surface area contributed by atoms with Crippen LogP contribution in [0.5, 0.6) is 0 Å². The molecule has 0 fully saturated rings. The van der Waals surface area contributed by atoms with Crippen molar-refractivity contribution in [1.29, 1.82) is 0 Å². The fourth-order valence-corrected chi connectivity index (χ4v) is 1.47. The predicted molar refractivity (Wildman–Crippen MR) is 52.5 cm³/mol. The number of fused-ring (bicyclic) bond motifs is 1. The van der Waals surface area contributed by atoms with Gasteiger partial charge in [-0.15, -0.1) is 0 Å². The Kier molecular flexibility index (Phi) is 2.02. The molecule has 0 aliphatic rings. The first-order chi connectivity index (χ1) is 6.27. The maximum atomic E-state index is 5.73. The Morgan fingerprint density at radius 1 is 1.54 bits per heavy atom. The van der Waals surface area contributed by atoms with Crippen LogP contribution in [0, 0.1) is 0 Å². The van der Waals surface area contributed by atoms with Crippen LogP contribution in [0.25, 0.3) is 5.65 Å². The Balaban J connectivity index is 2.46. The van der Waals surface area contributed by atoms with Crippen molar-refractivity contribution in [3.05, 3.63) is 36.3 Å². The van der Waals surface area contributed by atoms with Gasteiger partial charge < -0.3 is 10.1 Å². The van der Waals surface area contributed by atoms with Crippen LogP contribution in [0.1, 0.15) is 12.6 Å². The maximum absolute atomic E-state index is 5.73. The predicted octanol–water partition coefficient (Wildman–Crippen LogP) is 1.22. The fourth-order valence-electron chi connectivity index (χ4n) is 1.47. The van der Waals surface area contributed by atoms with Crippen molar-refractivity contribution in [3.8, 4) is 0 Å². The van der Waals surface area contributed by atoms with Gasteiger partial charge in [-0.25, -0.2) is 4.98 Å². The van der Waals surface area contributed by atoms with Crippen LogP contribution in [-0.2, 0) is 6.42 Å². The first kappa shape index (κ1) is 8.26. The molecule has 0 aromatic carbocycles. The Labute approximate surface area is 77.2 Å². The van der Waals surface area contributed by atoms with Crippen molar-refractivity contribution in [2.45, 2.75) is 19.4 Å². The molecule has 2 aromatic rings. The molecule has 0 amide bonds. The molecule has 68 valence electrons. The van der Waals surface area contributed by atoms with Gasteiger partial charge in [0.1, 0.15) is 5.65 Å². The van der Waals surface area contributed by atoms with Gasteiger partial charge in [0, 0.05) is 30.6 Å². The summed E-state index contributed by atoms with van der Waals surface area (Å²) in [5.41, 5.74) is 7.89. The van der Waals surface area contributed by atoms with Crippen LogP contribution >= 0.6 is 0 Å². The highest BCUT2D eigenvalue weighted by Gasteiger charge is 2.03. The minimum absolute atomic E-state index is 0.181. The largest absolute Gasteiger partial charge is 0.328 e. The van der Waals surface area contributed by atoms with E-state index >= 15 is 0 Å². The third-order valence-corrected chi connectivity index (χ3v) is 2.02. The summed E-state index contributed by atoms with van der Waals surface area (Å²) in [6.07, 6.45) is 4.77. The molecule has 0 spiro atoms. The summed E-state index contributed by atoms with van der Waals surface area (Å²) in [5.74, 6) is 0. The number of pyridine rings is 1. The van der Waals surface area contributed by atoms with Crippen molar-refractivity contribution in [1.82, 2.24) is 9.38 Å². The second-order valence-electron chi connectivity index (χ2n) is 3.36. The zero-order valence-electron chi connectivity index (χ0n) is 7.64. The van der Waals surface area contributed by atoms with E-state index in [0.29, 0.717) is 0 Å². The van der Waals surface area contributed by atoms with E-state index in [9.17, 15) is 0 Å². The average Bonchev–Trinajstić information content (AvgIpc) is 2.48. The highest BCUT2D eigenvalue weighted by molar-refractivity contribution is 5.39. The zero-order chi connectivity index (χ0) is 9.26. The molecule has 3 nitrogen and oxygen atoms in total. The number of nitrogens with zero attached hydrogens (tertiary/aromatic N) is 2. The minimum Gasteiger partial charge on any atom is -0.328 e. The molecule has 3 heteroatoms. The van der Waals surface area contributed by atoms with Gasteiger partial charge in [-0.1, -0.05) is 6.07 Å². The molecule has 0 saturated heterocycles. The first-order valence-corrected chi connectivity index (χ1v) is 4.44. The molecule has 2 aromatic heterocycles. The molecule has 0 radical (unpaired) electrons. The van der Waals surface area contributed by atoms with Crippen molar-refractivity contribution < 1.29 is 0 Å². The third kappa shape index (κ3) is 1.55. The van der Waals surface area contributed by atoms with Crippen LogP contribution in [-0.4, -0.2) is 15.4 Å². The Bertz CT molecular complexity index is 403. The quantitative estimate of drug-likeness (QED) is 0.745. The van der Waals surface area contributed by atoms with Gasteiger partial charge in [0.25, 0.3) is 0 Å². The molecular formula is C10H13N3. The van der Waals surface area contributed by atoms with E-state index in [1.807, 2.05) is 37.5 Å². The smallest absolute Gasteiger partial charge is 0.136 e. The molecule has 2 N–H and O–H groups in total. The Morgan fingerprint density at radius 3 is 3.15 bits per heavy atom. The topological polar surface area (TPSA) is 43.3 Å². The lowest BCUT2D eigenvalue weighted by atomic mass is 10.2. The second-order valence-corrected chi connectivity index (χ2v) is 3.36. The Hall–Kier alpha value is -1.35. The summed E-state index contributed by atoms with van der Waals surface area (Å²) in [4.78, 5) is 4.28. The minimum atomic E-state index is 0.181. The van der Waals surface area contributed by atoms with Gasteiger partial charge in [0.2, 0.25) is 0 Å². The van der Waals surface area contributed by atoms with Crippen LogP contribution < -0.4 is 5.73 Å². The van der Waals surface area contributed by atoms with Crippen molar-refractivity contribution in [3.63, 3.8) is 0 Å². The van der Waals surface area contributed by atoms with E-state index in [0.717, 1.165) is 12.1 Å². The normalized spacial score (nSPS) is 13.4. The standard InChI is InChI=1S/C10H13N3/c1-8(11)6-9-7-12-10-4-2-3-5-13(9)10/h2-5,7-8H,6,11H2,1H3. The Morgan fingerprint density at radius 2 is 2.38 bits per heavy atom. The third-order valence-electron chi connectivity index (χ3n) is 2.02. The lowest BCUT2D eigenvalue weighted by Gasteiger charge is -2.03. The number of hydrogen-bond acceptors (Lipinski definition) is 2. The van der Waals surface area contributed by atoms with E-state index in [1.54, 1.807) is 0 Å². The summed E-state index contributed by atoms with van der Waals surface area (Å²) >= 11 is 0. The summed E-state index contributed by atoms with van der Waals surface area (Å²) in [6.45, 7) is 2.00. The lowest BCUT2D eigenvalue weighted by molar-refractivity contribution is 0.717. The van der Waals surface area contributed by atoms with Crippen molar-refractivity contribution in [2.24, 2.45) is 5.73 Å². The average molecular weight is 175 g/mol. The highest BCUT2D eigenvalue weighted by Crippen LogP contribution is 2.07. The monoisotopic (exact) mass is 175 g/mol. The van der Waals surface area contributed by atoms with Crippen LogP contribution in [0.2, 0.25) is 0 Å². The number of rotatable bonds is 2. The highest BCUT2D eigenvalue weighted by atomic mass is 15.0. The molecular weight excluding hydrogens is 162 g/mol. The number of hydrogen-bond donors (Lipinski definition) is 1. The van der Waals surface area contributed by atoms with Crippen LogP contribution in [0.3, 0.4) is 0 Å². The summed E-state index contributed by atoms with van der Waals surface area (Å²) in [5, 5.41) is 0. The van der Waals surface area contributed by atoms with E-state index in [1.165, 1.54) is 5.69 Å². The number of nitrogens with two attached hydrogens (primary N) is 1. The lowest BCUT2D eigenvalue weighted by Crippen LogP contribution is -2.18. The summed E-state index contributed by atoms with van der Waals surface area (Å²) < 4.78 is 2.07. The molecule has 1 unspecified atom stereocenters. The van der Waals surface area contributed by atoms with Crippen LogP contribution in [0.15, 0.2) is 30.6 Å². The van der Waals surface area contributed by atoms with E-state index in [4.69, 9.17) is 5.73 Å². The maximum Gasteiger partial charge on any atom is 0.136 e. The SMILES string of the molecule is CC(N)Cc1cnc2ccccn12. The molecule has 0 saturated carbocycles. The summed E-state index contributed by atoms with van der Waals surface area (Å²) in [6, 6.07) is 6.15. The molecule has 1 atom stereocenters. The first-order valence-electron chi connectivity index (χ1n) is 4.44. The van der Waals surface area contributed by atoms with E-state index in [2.05, 4.69) is 9.38 Å². The molecule has 2 heterocycles. The van der Waals surface area contributed by atoms with Gasteiger partial charge in [0.15, 0.2) is 0 Å². The number of imidazole rings is 1. The van der Waals surface area contributed by atoms with Gasteiger partial charge in [-0.05, 0) is 19.1 Å². The molecule has 0 aliphatic carbocycles. The molecule has 13 heavy (non-hydrogen) atoms. The number of aromatic nitrogens is 2. The van der Waals surface area contributed by atoms with Gasteiger partial charge in [0.05, 0.1) is 0 Å². The van der Waals surface area contributed by atoms with Crippen LogP contribution in [0.4, 0.5) is 0 Å². The molecule has 0 bridgehead atoms. The van der Waals surface area contributed by atoms with Gasteiger partial charge >= 0.3 is 0 Å². The second kappa shape index (κ2) is 3.18. The van der Waals surface area contributed by atoms with Gasteiger partial charge in [-0.3, -0.25) is 0 Å². The molecule has 0 aliphatic heterocycles.